The van der Waals surface area contributed by atoms with Crippen molar-refractivity contribution in [3.05, 3.63) is 0 Å². The van der Waals surface area contributed by atoms with E-state index in [4.69, 9.17) is 4.79 Å². The number of amides is 1. The molecular formula is C7H15NO2. The molecule has 3 heteroatoms. The van der Waals surface area contributed by atoms with Crippen LogP contribution in [0.25, 0.3) is 0 Å². The Hall–Kier alpha value is -0.860. The minimum absolute atomic E-state index is 0.215. The monoisotopic (exact) mass is 145 g/mol. The molecule has 0 unspecified atom stereocenters. The van der Waals surface area contributed by atoms with E-state index in [1.54, 1.807) is 4.90 Å². The Labute approximate surface area is 62.0 Å². The number of rotatable bonds is 2. The van der Waals surface area contributed by atoms with E-state index in [2.05, 4.69) is 0 Å². The van der Waals surface area contributed by atoms with Gasteiger partial charge in [0.05, 0.1) is 0 Å². The van der Waals surface area contributed by atoms with Crippen LogP contribution in [0.2, 0.25) is 0 Å². The quantitative estimate of drug-likeness (QED) is 0.573. The van der Waals surface area contributed by atoms with Crippen molar-refractivity contribution in [1.29, 1.82) is 0 Å². The highest BCUT2D eigenvalue weighted by molar-refractivity contribution is 5.75. The summed E-state index contributed by atoms with van der Waals surface area (Å²) in [6, 6.07) is 0. The molecule has 0 aliphatic carbocycles. The van der Waals surface area contributed by atoms with Gasteiger partial charge in [0.2, 0.25) is 5.91 Å². The molecule has 1 amide bonds. The summed E-state index contributed by atoms with van der Waals surface area (Å²) in [7, 11) is 1.81. The number of nitrogens with zero attached hydrogens (tertiary/aromatic N) is 1. The molecule has 0 aromatic heterocycles. The Bertz CT molecular complexity index is 93.6. The lowest BCUT2D eigenvalue weighted by Crippen LogP contribution is -2.24. The topological polar surface area (TPSA) is 37.4 Å². The zero-order valence-electron chi connectivity index (χ0n) is 6.89. The highest BCUT2D eigenvalue weighted by Gasteiger charge is 1.99. The van der Waals surface area contributed by atoms with E-state index >= 15 is 0 Å². The number of carbonyl (C=O) groups is 2. The van der Waals surface area contributed by atoms with E-state index in [1.807, 2.05) is 27.7 Å². The predicted octanol–water partition coefficient (Wildman–Crippen LogP) is 0.690. The van der Waals surface area contributed by atoms with Crippen molar-refractivity contribution < 1.29 is 9.59 Å². The molecule has 0 aliphatic rings. The van der Waals surface area contributed by atoms with Crippen molar-refractivity contribution in [3.63, 3.8) is 0 Å². The van der Waals surface area contributed by atoms with Gasteiger partial charge in [0.25, 0.3) is 0 Å². The summed E-state index contributed by atoms with van der Waals surface area (Å²) in [5, 5.41) is 0. The number of hydrogen-bond acceptors (Lipinski definition) is 2. The van der Waals surface area contributed by atoms with Crippen molar-refractivity contribution in [2.24, 2.45) is 0 Å². The van der Waals surface area contributed by atoms with Crippen LogP contribution in [-0.2, 0) is 9.59 Å². The first-order chi connectivity index (χ1) is 4.72. The van der Waals surface area contributed by atoms with Gasteiger partial charge in [0.1, 0.15) is 6.79 Å². The number of hydrogen-bond donors (Lipinski definition) is 0. The minimum atomic E-state index is 0.215. The van der Waals surface area contributed by atoms with Crippen LogP contribution in [0.1, 0.15) is 20.3 Å². The summed E-state index contributed by atoms with van der Waals surface area (Å²) in [5.41, 5.74) is 0. The third-order valence-corrected chi connectivity index (χ3v) is 1.20. The summed E-state index contributed by atoms with van der Waals surface area (Å²) in [6.07, 6.45) is 0.615. The zero-order chi connectivity index (χ0) is 8.57. The SMILES string of the molecule is C=O.CCC(=O)N(C)CC. The molecule has 0 saturated carbocycles. The Morgan fingerprint density at radius 2 is 1.80 bits per heavy atom. The largest absolute Gasteiger partial charge is 0.346 e. The molecule has 60 valence electrons. The van der Waals surface area contributed by atoms with Crippen LogP contribution >= 0.6 is 0 Å². The van der Waals surface area contributed by atoms with Gasteiger partial charge in [-0.15, -0.1) is 0 Å². The third kappa shape index (κ3) is 5.28. The summed E-state index contributed by atoms with van der Waals surface area (Å²) >= 11 is 0. The smallest absolute Gasteiger partial charge is 0.222 e. The second kappa shape index (κ2) is 8.14. The molecular weight excluding hydrogens is 130 g/mol. The molecule has 0 aromatic carbocycles. The first-order valence-corrected chi connectivity index (χ1v) is 3.25. The maximum absolute atomic E-state index is 10.7. The number of carbonyl (C=O) groups excluding carboxylic acids is 2. The van der Waals surface area contributed by atoms with Gasteiger partial charge in [-0.25, -0.2) is 0 Å². The van der Waals surface area contributed by atoms with Gasteiger partial charge >= 0.3 is 0 Å². The van der Waals surface area contributed by atoms with E-state index in [9.17, 15) is 4.79 Å². The molecule has 10 heavy (non-hydrogen) atoms. The molecule has 0 heterocycles. The third-order valence-electron chi connectivity index (χ3n) is 1.20. The van der Waals surface area contributed by atoms with Crippen LogP contribution in [0, 0.1) is 0 Å². The van der Waals surface area contributed by atoms with Crippen LogP contribution in [0.5, 0.6) is 0 Å². The maximum atomic E-state index is 10.7. The fraction of sp³-hybridized carbons (Fsp3) is 0.714. The van der Waals surface area contributed by atoms with Gasteiger partial charge < -0.3 is 9.69 Å². The minimum Gasteiger partial charge on any atom is -0.346 e. The second-order valence-electron chi connectivity index (χ2n) is 1.76. The Balaban J connectivity index is 0. The molecule has 0 N–H and O–H groups in total. The van der Waals surface area contributed by atoms with Crippen LogP contribution in [0.3, 0.4) is 0 Å². The highest BCUT2D eigenvalue weighted by Crippen LogP contribution is 1.86. The highest BCUT2D eigenvalue weighted by atomic mass is 16.2. The van der Waals surface area contributed by atoms with Gasteiger partial charge in [0, 0.05) is 20.0 Å². The summed E-state index contributed by atoms with van der Waals surface area (Å²) in [4.78, 5) is 20.4. The lowest BCUT2D eigenvalue weighted by molar-refractivity contribution is -0.129. The first-order valence-electron chi connectivity index (χ1n) is 3.25. The molecule has 0 spiro atoms. The molecule has 0 saturated heterocycles. The van der Waals surface area contributed by atoms with Crippen LogP contribution in [-0.4, -0.2) is 31.2 Å². The van der Waals surface area contributed by atoms with Crippen molar-refractivity contribution in [2.45, 2.75) is 20.3 Å². The standard InChI is InChI=1S/C6H13NO.CH2O/c1-4-6(8)7(3)5-2;1-2/h4-5H2,1-3H3;1H2. The molecule has 3 nitrogen and oxygen atoms in total. The molecule has 0 atom stereocenters. The van der Waals surface area contributed by atoms with Crippen LogP contribution in [0.15, 0.2) is 0 Å². The van der Waals surface area contributed by atoms with Gasteiger partial charge in [-0.2, -0.15) is 0 Å². The summed E-state index contributed by atoms with van der Waals surface area (Å²) in [6.45, 7) is 6.65. The van der Waals surface area contributed by atoms with Crippen LogP contribution < -0.4 is 0 Å². The van der Waals surface area contributed by atoms with E-state index in [0.717, 1.165) is 6.54 Å². The molecule has 0 aromatic rings. The van der Waals surface area contributed by atoms with E-state index in [1.165, 1.54) is 0 Å². The van der Waals surface area contributed by atoms with E-state index in [0.29, 0.717) is 6.42 Å². The first kappa shape index (κ1) is 11.9. The zero-order valence-corrected chi connectivity index (χ0v) is 6.89. The second-order valence-corrected chi connectivity index (χ2v) is 1.76. The van der Waals surface area contributed by atoms with Crippen molar-refractivity contribution in [1.82, 2.24) is 4.90 Å². The lowest BCUT2D eigenvalue weighted by Gasteiger charge is -2.11. The van der Waals surface area contributed by atoms with Gasteiger partial charge in [-0.05, 0) is 6.92 Å². The fourth-order valence-electron chi connectivity index (χ4n) is 0.446. The Morgan fingerprint density at radius 1 is 1.40 bits per heavy atom. The normalized spacial score (nSPS) is 7.50. The van der Waals surface area contributed by atoms with Crippen molar-refractivity contribution >= 4 is 12.7 Å². The molecule has 0 aliphatic heterocycles. The summed E-state index contributed by atoms with van der Waals surface area (Å²) < 4.78 is 0. The summed E-state index contributed by atoms with van der Waals surface area (Å²) in [5.74, 6) is 0.215. The van der Waals surface area contributed by atoms with Crippen molar-refractivity contribution in [2.75, 3.05) is 13.6 Å². The molecule has 0 radical (unpaired) electrons. The van der Waals surface area contributed by atoms with Crippen LogP contribution in [0.4, 0.5) is 0 Å². The average Bonchev–Trinajstić information content (AvgIpc) is 2.05. The van der Waals surface area contributed by atoms with Crippen molar-refractivity contribution in [3.8, 4) is 0 Å². The van der Waals surface area contributed by atoms with Gasteiger partial charge in [-0.3, -0.25) is 4.79 Å². The lowest BCUT2D eigenvalue weighted by atomic mass is 10.4. The molecule has 0 bridgehead atoms. The Kier molecular flexibility index (Phi) is 9.67. The maximum Gasteiger partial charge on any atom is 0.222 e. The van der Waals surface area contributed by atoms with E-state index < -0.39 is 0 Å². The molecule has 0 rings (SSSR count). The fourth-order valence-corrected chi connectivity index (χ4v) is 0.446. The van der Waals surface area contributed by atoms with Gasteiger partial charge in [0.15, 0.2) is 0 Å². The Morgan fingerprint density at radius 3 is 1.90 bits per heavy atom. The average molecular weight is 145 g/mol. The van der Waals surface area contributed by atoms with Gasteiger partial charge in [-0.1, -0.05) is 6.92 Å². The molecule has 0 fully saturated rings. The predicted molar refractivity (Wildman–Crippen MR) is 40.7 cm³/mol. The van der Waals surface area contributed by atoms with E-state index in [-0.39, 0.29) is 5.91 Å².